The number of carbonyl (C=O) groups is 1. The molecule has 0 fully saturated rings. The molecule has 0 heterocycles. The van der Waals surface area contributed by atoms with Crippen molar-refractivity contribution in [1.29, 1.82) is 0 Å². The molecule has 1 amide bonds. The quantitative estimate of drug-likeness (QED) is 0.784. The molecule has 0 aliphatic rings. The third-order valence-corrected chi connectivity index (χ3v) is 3.54. The maximum atomic E-state index is 13.4. The maximum Gasteiger partial charge on any atom is 0.256 e. The van der Waals surface area contributed by atoms with Gasteiger partial charge in [-0.2, -0.15) is 0 Å². The van der Waals surface area contributed by atoms with E-state index in [1.807, 2.05) is 6.92 Å². The normalized spacial score (nSPS) is 12.3. The van der Waals surface area contributed by atoms with Crippen molar-refractivity contribution in [2.45, 2.75) is 13.0 Å². The molecule has 0 bridgehead atoms. The van der Waals surface area contributed by atoms with Gasteiger partial charge in [0.2, 0.25) is 0 Å². The molecule has 0 spiro atoms. The number of benzene rings is 1. The van der Waals surface area contributed by atoms with E-state index in [9.17, 15) is 9.18 Å². The molecule has 16 heavy (non-hydrogen) atoms. The average molecular weight is 309 g/mol. The van der Waals surface area contributed by atoms with Gasteiger partial charge < -0.3 is 4.90 Å². The minimum absolute atomic E-state index is 0.00259. The van der Waals surface area contributed by atoms with Gasteiger partial charge in [-0.25, -0.2) is 4.39 Å². The van der Waals surface area contributed by atoms with E-state index >= 15 is 0 Å². The summed E-state index contributed by atoms with van der Waals surface area (Å²) in [4.78, 5) is 13.4. The Morgan fingerprint density at radius 3 is 2.81 bits per heavy atom. The van der Waals surface area contributed by atoms with E-state index in [0.717, 1.165) is 0 Å². The lowest BCUT2D eigenvalue weighted by molar-refractivity contribution is 0.0753. The number of nitrogens with zero attached hydrogens (tertiary/aromatic N) is 1. The predicted molar refractivity (Wildman–Crippen MR) is 66.8 cm³/mol. The SMILES string of the molecule is CC(CBr)N(C)C(=O)c1cc(Cl)ccc1F. The lowest BCUT2D eigenvalue weighted by atomic mass is 10.1. The van der Waals surface area contributed by atoms with Crippen LogP contribution in [0.25, 0.3) is 0 Å². The van der Waals surface area contributed by atoms with Crippen LogP contribution in [0, 0.1) is 5.82 Å². The Morgan fingerprint density at radius 1 is 1.62 bits per heavy atom. The second kappa shape index (κ2) is 5.64. The first-order valence-electron chi connectivity index (χ1n) is 4.75. The van der Waals surface area contributed by atoms with Gasteiger partial charge in [0.25, 0.3) is 5.91 Å². The van der Waals surface area contributed by atoms with Crippen LogP contribution >= 0.6 is 27.5 Å². The Labute approximate surface area is 108 Å². The van der Waals surface area contributed by atoms with Gasteiger partial charge in [-0.1, -0.05) is 27.5 Å². The second-order valence-corrected chi connectivity index (χ2v) is 4.63. The number of alkyl halides is 1. The molecule has 1 unspecified atom stereocenters. The molecule has 0 aliphatic heterocycles. The third-order valence-electron chi connectivity index (χ3n) is 2.36. The molecule has 0 N–H and O–H groups in total. The molecule has 0 saturated carbocycles. The summed E-state index contributed by atoms with van der Waals surface area (Å²) < 4.78 is 13.4. The third kappa shape index (κ3) is 2.95. The average Bonchev–Trinajstić information content (AvgIpc) is 2.29. The van der Waals surface area contributed by atoms with Gasteiger partial charge in [-0.05, 0) is 25.1 Å². The van der Waals surface area contributed by atoms with Crippen LogP contribution in [0.3, 0.4) is 0 Å². The van der Waals surface area contributed by atoms with Crippen LogP contribution in [0.5, 0.6) is 0 Å². The van der Waals surface area contributed by atoms with Crippen molar-refractivity contribution in [3.05, 3.63) is 34.6 Å². The van der Waals surface area contributed by atoms with Gasteiger partial charge in [0, 0.05) is 23.4 Å². The van der Waals surface area contributed by atoms with Crippen LogP contribution in [0.4, 0.5) is 4.39 Å². The molecule has 1 atom stereocenters. The summed E-state index contributed by atoms with van der Waals surface area (Å²) in [5.74, 6) is -0.921. The van der Waals surface area contributed by atoms with Gasteiger partial charge in [0.1, 0.15) is 5.82 Å². The highest BCUT2D eigenvalue weighted by atomic mass is 79.9. The second-order valence-electron chi connectivity index (χ2n) is 3.54. The molecule has 2 nitrogen and oxygen atoms in total. The van der Waals surface area contributed by atoms with Gasteiger partial charge in [-0.3, -0.25) is 4.79 Å². The zero-order valence-electron chi connectivity index (χ0n) is 9.01. The Bertz CT molecular complexity index is 400. The monoisotopic (exact) mass is 307 g/mol. The Morgan fingerprint density at radius 2 is 2.25 bits per heavy atom. The van der Waals surface area contributed by atoms with E-state index in [1.165, 1.54) is 23.1 Å². The van der Waals surface area contributed by atoms with E-state index in [1.54, 1.807) is 7.05 Å². The smallest absolute Gasteiger partial charge is 0.256 e. The summed E-state index contributed by atoms with van der Waals surface area (Å²) in [5, 5.41) is 0.988. The standard InChI is InChI=1S/C11H12BrClFNO/c1-7(6-12)15(2)11(16)9-5-8(13)3-4-10(9)14/h3-5,7H,6H2,1-2H3. The van der Waals surface area contributed by atoms with Crippen LogP contribution in [0.1, 0.15) is 17.3 Å². The molecular weight excluding hydrogens is 296 g/mol. The number of amides is 1. The van der Waals surface area contributed by atoms with Crippen molar-refractivity contribution in [2.24, 2.45) is 0 Å². The van der Waals surface area contributed by atoms with Crippen molar-refractivity contribution >= 4 is 33.4 Å². The number of rotatable bonds is 3. The van der Waals surface area contributed by atoms with Crippen LogP contribution in [0.2, 0.25) is 5.02 Å². The van der Waals surface area contributed by atoms with Gasteiger partial charge in [-0.15, -0.1) is 0 Å². The highest BCUT2D eigenvalue weighted by Gasteiger charge is 2.19. The molecule has 0 aromatic heterocycles. The Kier molecular flexibility index (Phi) is 4.74. The first-order chi connectivity index (χ1) is 7.47. The predicted octanol–water partition coefficient (Wildman–Crippen LogP) is 3.33. The number of halogens is 3. The summed E-state index contributed by atoms with van der Waals surface area (Å²) in [6.45, 7) is 1.87. The van der Waals surface area contributed by atoms with Crippen LogP contribution < -0.4 is 0 Å². The van der Waals surface area contributed by atoms with Crippen LogP contribution in [-0.4, -0.2) is 29.2 Å². The molecule has 0 saturated heterocycles. The Balaban J connectivity index is 3.00. The summed E-state index contributed by atoms with van der Waals surface area (Å²) in [5.41, 5.74) is 0.00259. The van der Waals surface area contributed by atoms with Gasteiger partial charge in [0.05, 0.1) is 5.56 Å². The zero-order chi connectivity index (χ0) is 12.3. The summed E-state index contributed by atoms with van der Waals surface area (Å²) in [6, 6.07) is 3.95. The molecular formula is C11H12BrClFNO. The van der Waals surface area contributed by atoms with Gasteiger partial charge >= 0.3 is 0 Å². The van der Waals surface area contributed by atoms with E-state index in [0.29, 0.717) is 10.4 Å². The lowest BCUT2D eigenvalue weighted by Crippen LogP contribution is -2.36. The van der Waals surface area contributed by atoms with Crippen molar-refractivity contribution in [2.75, 3.05) is 12.4 Å². The molecule has 1 aromatic carbocycles. The first kappa shape index (κ1) is 13.5. The van der Waals surface area contributed by atoms with Crippen molar-refractivity contribution < 1.29 is 9.18 Å². The summed E-state index contributed by atoms with van der Waals surface area (Å²) in [6.07, 6.45) is 0. The fourth-order valence-electron chi connectivity index (χ4n) is 1.16. The minimum atomic E-state index is -0.553. The fraction of sp³-hybridized carbons (Fsp3) is 0.364. The highest BCUT2D eigenvalue weighted by molar-refractivity contribution is 9.09. The fourth-order valence-corrected chi connectivity index (χ4v) is 1.76. The molecule has 0 aliphatic carbocycles. The van der Waals surface area contributed by atoms with Crippen molar-refractivity contribution in [1.82, 2.24) is 4.90 Å². The van der Waals surface area contributed by atoms with Crippen LogP contribution in [-0.2, 0) is 0 Å². The minimum Gasteiger partial charge on any atom is -0.338 e. The first-order valence-corrected chi connectivity index (χ1v) is 6.25. The summed E-state index contributed by atoms with van der Waals surface area (Å²) >= 11 is 9.01. The highest BCUT2D eigenvalue weighted by Crippen LogP contribution is 2.17. The molecule has 5 heteroatoms. The largest absolute Gasteiger partial charge is 0.338 e. The van der Waals surface area contributed by atoms with E-state index in [-0.39, 0.29) is 17.5 Å². The summed E-state index contributed by atoms with van der Waals surface area (Å²) in [7, 11) is 1.63. The van der Waals surface area contributed by atoms with E-state index < -0.39 is 5.82 Å². The maximum absolute atomic E-state index is 13.4. The molecule has 1 rings (SSSR count). The number of hydrogen-bond donors (Lipinski definition) is 0. The van der Waals surface area contributed by atoms with Crippen molar-refractivity contribution in [3.8, 4) is 0 Å². The zero-order valence-corrected chi connectivity index (χ0v) is 11.3. The Hall–Kier alpha value is -0.610. The van der Waals surface area contributed by atoms with E-state index in [2.05, 4.69) is 15.9 Å². The van der Waals surface area contributed by atoms with E-state index in [4.69, 9.17) is 11.6 Å². The number of carbonyl (C=O) groups excluding carboxylic acids is 1. The van der Waals surface area contributed by atoms with Gasteiger partial charge in [0.15, 0.2) is 0 Å². The van der Waals surface area contributed by atoms with Crippen LogP contribution in [0.15, 0.2) is 18.2 Å². The molecule has 88 valence electrons. The number of hydrogen-bond acceptors (Lipinski definition) is 1. The topological polar surface area (TPSA) is 20.3 Å². The lowest BCUT2D eigenvalue weighted by Gasteiger charge is -2.23. The molecule has 0 radical (unpaired) electrons. The van der Waals surface area contributed by atoms with Crippen molar-refractivity contribution in [3.63, 3.8) is 0 Å². The molecule has 1 aromatic rings.